The summed E-state index contributed by atoms with van der Waals surface area (Å²) in [6, 6.07) is 14.8. The van der Waals surface area contributed by atoms with E-state index < -0.39 is 19.9 Å². The standard InChI is InChI=1S/C31H46N3O5P/c1-2-39-40(37,21-7-9-26-23-33-29-11-4-3-10-28(26)29)34-30(31(35)36)22-25-12-14-27(15-13-25)38-20-6-5-8-24-16-18-32-19-17-24/h3-4,10-15,23-24,30,32-34,37,40H,2,5-9,16-22H2,1H3,(H,35,36)/t30-/m0/s1. The molecule has 220 valence electrons. The molecule has 2 aromatic carbocycles. The summed E-state index contributed by atoms with van der Waals surface area (Å²) in [5.41, 5.74) is 3.13. The summed E-state index contributed by atoms with van der Waals surface area (Å²) < 4.78 is 11.7. The van der Waals surface area contributed by atoms with Gasteiger partial charge in [0.1, 0.15) is 0 Å². The molecule has 1 aliphatic rings. The van der Waals surface area contributed by atoms with Gasteiger partial charge in [0.2, 0.25) is 0 Å². The molecule has 40 heavy (non-hydrogen) atoms. The van der Waals surface area contributed by atoms with E-state index in [-0.39, 0.29) is 6.42 Å². The Bertz CT molecular complexity index is 1180. The normalized spacial score (nSPS) is 15.8. The Labute approximate surface area is 238 Å². The third-order valence-electron chi connectivity index (χ3n) is 7.82. The maximum absolute atomic E-state index is 12.1. The van der Waals surface area contributed by atoms with Gasteiger partial charge in [-0.25, -0.2) is 0 Å². The van der Waals surface area contributed by atoms with Crippen LogP contribution in [0.2, 0.25) is 0 Å². The van der Waals surface area contributed by atoms with Gasteiger partial charge in [0.25, 0.3) is 0 Å². The first-order valence-corrected chi connectivity index (χ1v) is 16.9. The van der Waals surface area contributed by atoms with Crippen LogP contribution < -0.4 is 15.1 Å². The molecule has 4 rings (SSSR count). The number of fused-ring (bicyclic) bond motifs is 1. The number of unbranched alkanes of at least 4 members (excludes halogenated alkanes) is 1. The van der Waals surface area contributed by atoms with Gasteiger partial charge in [-0.05, 0) is 31.8 Å². The summed E-state index contributed by atoms with van der Waals surface area (Å²) >= 11 is 0. The van der Waals surface area contributed by atoms with Crippen LogP contribution in [0.25, 0.3) is 10.9 Å². The molecular weight excluding hydrogens is 525 g/mol. The molecule has 0 bridgehead atoms. The molecule has 0 aliphatic carbocycles. The Morgan fingerprint density at radius 2 is 1.88 bits per heavy atom. The van der Waals surface area contributed by atoms with Gasteiger partial charge in [0.05, 0.1) is 0 Å². The van der Waals surface area contributed by atoms with E-state index in [4.69, 9.17) is 9.26 Å². The second kappa shape index (κ2) is 15.5. The topological polar surface area (TPSA) is 116 Å². The number of benzene rings is 2. The molecule has 3 aromatic rings. The number of H-pyrrole nitrogens is 1. The predicted molar refractivity (Wildman–Crippen MR) is 163 cm³/mol. The van der Waals surface area contributed by atoms with Gasteiger partial charge >= 0.3 is 201 Å². The molecule has 1 aromatic heterocycles. The van der Waals surface area contributed by atoms with E-state index in [0.717, 1.165) is 48.7 Å². The number of rotatable bonds is 17. The number of aliphatic carboxylic acids is 1. The number of ether oxygens (including phenoxy) is 1. The Morgan fingerprint density at radius 3 is 2.62 bits per heavy atom. The van der Waals surface area contributed by atoms with E-state index in [2.05, 4.69) is 21.5 Å². The van der Waals surface area contributed by atoms with Gasteiger partial charge in [-0.3, -0.25) is 0 Å². The number of carboxylic acids is 1. The summed E-state index contributed by atoms with van der Waals surface area (Å²) in [4.78, 5) is 26.7. The van der Waals surface area contributed by atoms with Crippen LogP contribution in [0.5, 0.6) is 5.75 Å². The van der Waals surface area contributed by atoms with E-state index in [0.29, 0.717) is 25.8 Å². The molecular formula is C31H46N3O5P. The third-order valence-corrected chi connectivity index (χ3v) is 10.4. The number of carbonyl (C=O) groups is 1. The van der Waals surface area contributed by atoms with Crippen LogP contribution in [0.3, 0.4) is 0 Å². The number of hydrogen-bond acceptors (Lipinski definition) is 6. The van der Waals surface area contributed by atoms with Gasteiger partial charge in [-0.2, -0.15) is 0 Å². The average molecular weight is 572 g/mol. The molecule has 0 amide bonds. The predicted octanol–water partition coefficient (Wildman–Crippen LogP) is 5.46. The Kier molecular flexibility index (Phi) is 11.8. The number of para-hydroxylation sites is 1. The summed E-state index contributed by atoms with van der Waals surface area (Å²) in [5, 5.41) is 17.5. The zero-order valence-electron chi connectivity index (χ0n) is 23.7. The van der Waals surface area contributed by atoms with Gasteiger partial charge < -0.3 is 5.32 Å². The summed E-state index contributed by atoms with van der Waals surface area (Å²) in [6.07, 6.45) is 10.2. The second-order valence-electron chi connectivity index (χ2n) is 10.9. The van der Waals surface area contributed by atoms with E-state index >= 15 is 0 Å². The van der Waals surface area contributed by atoms with Crippen LogP contribution in [0.1, 0.15) is 56.6 Å². The fraction of sp³-hybridized carbons (Fsp3) is 0.516. The van der Waals surface area contributed by atoms with Crippen molar-refractivity contribution in [1.29, 1.82) is 0 Å². The minimum absolute atomic E-state index is 0.247. The Hall–Kier alpha value is -2.48. The average Bonchev–Trinajstić information content (AvgIpc) is 3.37. The zero-order valence-corrected chi connectivity index (χ0v) is 24.7. The maximum atomic E-state index is 12.1. The van der Waals surface area contributed by atoms with Crippen molar-refractivity contribution >= 4 is 24.7 Å². The van der Waals surface area contributed by atoms with Crippen LogP contribution >= 0.6 is 7.87 Å². The first-order chi connectivity index (χ1) is 19.5. The van der Waals surface area contributed by atoms with Crippen LogP contribution in [0.4, 0.5) is 0 Å². The van der Waals surface area contributed by atoms with E-state index in [1.165, 1.54) is 36.6 Å². The number of aromatic amines is 1. The second-order valence-corrected chi connectivity index (χ2v) is 13.5. The number of aromatic nitrogens is 1. The van der Waals surface area contributed by atoms with Crippen molar-refractivity contribution in [3.05, 3.63) is 65.9 Å². The van der Waals surface area contributed by atoms with Gasteiger partial charge in [-0.15, -0.1) is 0 Å². The Balaban J connectivity index is 1.24. The molecule has 8 nitrogen and oxygen atoms in total. The third kappa shape index (κ3) is 9.28. The first kappa shape index (κ1) is 30.5. The molecule has 5 N–H and O–H groups in total. The van der Waals surface area contributed by atoms with Crippen molar-refractivity contribution in [3.8, 4) is 5.75 Å². The van der Waals surface area contributed by atoms with Crippen LogP contribution in [0.15, 0.2) is 54.7 Å². The quantitative estimate of drug-likeness (QED) is 0.108. The molecule has 0 saturated carbocycles. The van der Waals surface area contributed by atoms with E-state index in [1.54, 1.807) is 0 Å². The fourth-order valence-electron chi connectivity index (χ4n) is 5.61. The van der Waals surface area contributed by atoms with Gasteiger partial charge in [-0.1, -0.05) is 0 Å². The minimum atomic E-state index is -3.45. The fourth-order valence-corrected chi connectivity index (χ4v) is 7.88. The summed E-state index contributed by atoms with van der Waals surface area (Å²) in [7, 11) is -3.45. The monoisotopic (exact) mass is 571 g/mol. The summed E-state index contributed by atoms with van der Waals surface area (Å²) in [5.74, 6) is 0.638. The number of carboxylic acid groups (broad SMARTS) is 1. The summed E-state index contributed by atoms with van der Waals surface area (Å²) in [6.45, 7) is 5.12. The van der Waals surface area contributed by atoms with Gasteiger partial charge in [0.15, 0.2) is 0 Å². The molecule has 0 radical (unpaired) electrons. The zero-order chi connectivity index (χ0) is 28.2. The number of hydrogen-bond donors (Lipinski definition) is 5. The van der Waals surface area contributed by atoms with Crippen molar-refractivity contribution in [1.82, 2.24) is 15.4 Å². The number of nitrogens with one attached hydrogen (secondary N) is 3. The molecule has 1 fully saturated rings. The number of piperidine rings is 1. The molecule has 9 heteroatoms. The molecule has 2 heterocycles. The van der Waals surface area contributed by atoms with Crippen LogP contribution in [-0.4, -0.2) is 59.5 Å². The molecule has 0 unspecified atom stereocenters. The molecule has 1 aliphatic heterocycles. The van der Waals surface area contributed by atoms with E-state index in [9.17, 15) is 14.8 Å². The van der Waals surface area contributed by atoms with E-state index in [1.807, 2.05) is 55.6 Å². The van der Waals surface area contributed by atoms with Crippen molar-refractivity contribution < 1.29 is 24.1 Å². The molecule has 1 atom stereocenters. The Morgan fingerprint density at radius 1 is 1.10 bits per heavy atom. The van der Waals surface area contributed by atoms with Crippen molar-refractivity contribution in [2.45, 2.75) is 64.3 Å². The first-order valence-electron chi connectivity index (χ1n) is 14.8. The van der Waals surface area contributed by atoms with Crippen molar-refractivity contribution in [2.24, 2.45) is 5.92 Å². The van der Waals surface area contributed by atoms with Crippen molar-refractivity contribution in [3.63, 3.8) is 0 Å². The number of aryl methyl sites for hydroxylation is 1. The molecule has 0 spiro atoms. The van der Waals surface area contributed by atoms with Crippen LogP contribution in [-0.2, 0) is 22.2 Å². The van der Waals surface area contributed by atoms with Crippen molar-refractivity contribution in [2.75, 3.05) is 32.5 Å². The SMILES string of the molecule is CCO[PH](O)(CCCc1c[nH]c2ccccc12)N[C@@H](Cc1ccc(OCCCCC2CCNCC2)cc1)C(=O)O. The van der Waals surface area contributed by atoms with Crippen LogP contribution in [0, 0.1) is 5.92 Å². The molecule has 1 saturated heterocycles. The van der Waals surface area contributed by atoms with Gasteiger partial charge in [0, 0.05) is 0 Å².